The molecule has 1 aromatic carbocycles. The number of Topliss-reactive ketones (excluding diaryl/α,β-unsaturated/α-hetero) is 1. The summed E-state index contributed by atoms with van der Waals surface area (Å²) in [5, 5.41) is 10.6. The molecule has 35 heavy (non-hydrogen) atoms. The average Bonchev–Trinajstić information content (AvgIpc) is 2.84. The van der Waals surface area contributed by atoms with E-state index in [4.69, 9.17) is 4.74 Å². The summed E-state index contributed by atoms with van der Waals surface area (Å²) >= 11 is 0. The van der Waals surface area contributed by atoms with E-state index in [1.165, 1.54) is 18.1 Å². The summed E-state index contributed by atoms with van der Waals surface area (Å²) in [4.78, 5) is 27.2. The minimum atomic E-state index is -0.618. The van der Waals surface area contributed by atoms with E-state index in [0.29, 0.717) is 31.1 Å². The van der Waals surface area contributed by atoms with Gasteiger partial charge in [-0.1, -0.05) is 55.5 Å². The van der Waals surface area contributed by atoms with Gasteiger partial charge in [-0.2, -0.15) is 0 Å². The average molecular weight is 474 g/mol. The number of aliphatic hydroxyl groups excluding tert-OH is 1. The fourth-order valence-electron chi connectivity index (χ4n) is 6.23. The van der Waals surface area contributed by atoms with Crippen molar-refractivity contribution >= 4 is 11.8 Å². The summed E-state index contributed by atoms with van der Waals surface area (Å²) in [6, 6.07) is 10.5. The first-order chi connectivity index (χ1) is 16.9. The highest BCUT2D eigenvalue weighted by molar-refractivity contribution is 5.99. The third-order valence-corrected chi connectivity index (χ3v) is 7.85. The molecule has 1 saturated carbocycles. The quantitative estimate of drug-likeness (QED) is 0.587. The van der Waals surface area contributed by atoms with Gasteiger partial charge in [-0.25, -0.2) is 0 Å². The smallest absolute Gasteiger partial charge is 0.307 e. The number of hydrogen-bond acceptors (Lipinski definition) is 5. The van der Waals surface area contributed by atoms with E-state index in [0.717, 1.165) is 48.9 Å². The first-order valence-corrected chi connectivity index (χ1v) is 13.0. The van der Waals surface area contributed by atoms with Crippen molar-refractivity contribution in [2.75, 3.05) is 6.54 Å². The molecule has 0 spiro atoms. The molecule has 0 radical (unpaired) electrons. The number of carbonyl (C=O) groups excluding carboxylic acids is 2. The molecule has 2 aliphatic heterocycles. The number of nitrogens with zero attached hydrogens (tertiary/aromatic N) is 1. The maximum absolute atomic E-state index is 13.1. The van der Waals surface area contributed by atoms with Gasteiger partial charge in [0.1, 0.15) is 5.76 Å². The van der Waals surface area contributed by atoms with E-state index in [9.17, 15) is 14.7 Å². The van der Waals surface area contributed by atoms with E-state index in [1.54, 1.807) is 0 Å². The molecule has 0 aromatic heterocycles. The predicted molar refractivity (Wildman–Crippen MR) is 135 cm³/mol. The van der Waals surface area contributed by atoms with Crippen LogP contribution in [0.15, 0.2) is 76.7 Å². The molecule has 0 bridgehead atoms. The van der Waals surface area contributed by atoms with Crippen molar-refractivity contribution in [3.8, 4) is 0 Å². The zero-order chi connectivity index (χ0) is 24.5. The van der Waals surface area contributed by atoms with Gasteiger partial charge in [-0.05, 0) is 54.7 Å². The van der Waals surface area contributed by atoms with Crippen LogP contribution in [0.5, 0.6) is 0 Å². The van der Waals surface area contributed by atoms with E-state index < -0.39 is 6.10 Å². The number of rotatable bonds is 6. The van der Waals surface area contributed by atoms with Crippen molar-refractivity contribution in [1.29, 1.82) is 0 Å². The van der Waals surface area contributed by atoms with Crippen LogP contribution in [0.3, 0.4) is 0 Å². The second-order valence-corrected chi connectivity index (χ2v) is 10.4. The lowest BCUT2D eigenvalue weighted by molar-refractivity contribution is -0.138. The number of carbonyl (C=O) groups is 2. The molecule has 5 heteroatoms. The third-order valence-electron chi connectivity index (χ3n) is 7.85. The zero-order valence-corrected chi connectivity index (χ0v) is 20.7. The van der Waals surface area contributed by atoms with Crippen LogP contribution in [0.2, 0.25) is 0 Å². The Morgan fingerprint density at radius 3 is 2.80 bits per heavy atom. The molecular weight excluding hydrogens is 438 g/mol. The number of ether oxygens (including phenoxy) is 1. The minimum Gasteiger partial charge on any atom is -0.429 e. The van der Waals surface area contributed by atoms with Gasteiger partial charge in [0.15, 0.2) is 5.78 Å². The normalized spacial score (nSPS) is 26.6. The Morgan fingerprint density at radius 2 is 2.03 bits per heavy atom. The van der Waals surface area contributed by atoms with Gasteiger partial charge in [-0.15, -0.1) is 0 Å². The molecule has 1 aromatic rings. The molecule has 2 heterocycles. The molecule has 4 atom stereocenters. The number of aliphatic hydroxyl groups is 1. The van der Waals surface area contributed by atoms with Crippen molar-refractivity contribution in [1.82, 2.24) is 4.90 Å². The Labute approximate surface area is 207 Å². The van der Waals surface area contributed by atoms with Crippen molar-refractivity contribution in [3.63, 3.8) is 0 Å². The SMILES string of the molecule is CC(=O)OC1=C2C3C=C(C(C)CCCc4ccccc4)C=CC3=C3C(=O)CCC[C@@H]3N2C[C@H](O)C1. The van der Waals surface area contributed by atoms with Crippen LogP contribution in [0.25, 0.3) is 0 Å². The maximum Gasteiger partial charge on any atom is 0.307 e. The second kappa shape index (κ2) is 9.98. The molecule has 0 saturated heterocycles. The van der Waals surface area contributed by atoms with Gasteiger partial charge >= 0.3 is 5.97 Å². The van der Waals surface area contributed by atoms with Crippen LogP contribution in [0, 0.1) is 11.8 Å². The Hall–Kier alpha value is -2.92. The highest BCUT2D eigenvalue weighted by atomic mass is 16.5. The first kappa shape index (κ1) is 23.8. The summed E-state index contributed by atoms with van der Waals surface area (Å²) in [7, 11) is 0. The highest BCUT2D eigenvalue weighted by Gasteiger charge is 2.46. The third kappa shape index (κ3) is 4.79. The van der Waals surface area contributed by atoms with Crippen molar-refractivity contribution in [2.24, 2.45) is 11.8 Å². The van der Waals surface area contributed by atoms with Crippen LogP contribution in [-0.4, -0.2) is 40.4 Å². The summed E-state index contributed by atoms with van der Waals surface area (Å²) in [5.74, 6) is 0.649. The van der Waals surface area contributed by atoms with Gasteiger partial charge < -0.3 is 14.7 Å². The van der Waals surface area contributed by atoms with E-state index in [2.05, 4.69) is 54.3 Å². The molecule has 5 nitrogen and oxygen atoms in total. The van der Waals surface area contributed by atoms with Crippen LogP contribution >= 0.6 is 0 Å². The lowest BCUT2D eigenvalue weighted by Gasteiger charge is -2.50. The van der Waals surface area contributed by atoms with Crippen LogP contribution in [0.4, 0.5) is 0 Å². The zero-order valence-electron chi connectivity index (χ0n) is 20.7. The number of aryl methyl sites for hydroxylation is 1. The van der Waals surface area contributed by atoms with E-state index >= 15 is 0 Å². The largest absolute Gasteiger partial charge is 0.429 e. The van der Waals surface area contributed by atoms with Gasteiger partial charge in [0.2, 0.25) is 0 Å². The van der Waals surface area contributed by atoms with Gasteiger partial charge in [0, 0.05) is 37.8 Å². The molecule has 5 rings (SSSR count). The Kier molecular flexibility index (Phi) is 6.79. The Bertz CT molecular complexity index is 1130. The summed E-state index contributed by atoms with van der Waals surface area (Å²) < 4.78 is 5.67. The molecule has 4 aliphatic rings. The topological polar surface area (TPSA) is 66.8 Å². The standard InChI is InChI=1S/C30H35NO4/c1-19(8-6-11-21-9-4-3-5-10-21)22-14-15-24-25(16-22)30-28(35-20(2)32)17-23(33)18-31(30)26-12-7-13-27(34)29(24)26/h3-5,9-10,14-16,19,23,25-26,33H,6-8,11-13,17-18H2,1-2H3/t19?,23-,25?,26+/m1/s1. The van der Waals surface area contributed by atoms with Crippen LogP contribution in [0.1, 0.15) is 57.9 Å². The second-order valence-electron chi connectivity index (χ2n) is 10.4. The molecule has 2 aliphatic carbocycles. The summed E-state index contributed by atoms with van der Waals surface area (Å²) in [5.41, 5.74) is 5.52. The number of allylic oxidation sites excluding steroid dienone is 4. The van der Waals surface area contributed by atoms with Crippen molar-refractivity contribution < 1.29 is 19.4 Å². The van der Waals surface area contributed by atoms with E-state index in [-0.39, 0.29) is 23.7 Å². The highest BCUT2D eigenvalue weighted by Crippen LogP contribution is 2.48. The molecular formula is C30H35NO4. The lowest BCUT2D eigenvalue weighted by atomic mass is 9.71. The molecule has 184 valence electrons. The number of fused-ring (bicyclic) bond motifs is 5. The van der Waals surface area contributed by atoms with Crippen molar-refractivity contribution in [3.05, 3.63) is 82.3 Å². The van der Waals surface area contributed by atoms with Crippen LogP contribution in [-0.2, 0) is 20.7 Å². The lowest BCUT2D eigenvalue weighted by Crippen LogP contribution is -2.52. The number of ketones is 1. The molecule has 2 unspecified atom stereocenters. The van der Waals surface area contributed by atoms with Gasteiger partial charge in [0.05, 0.1) is 17.8 Å². The van der Waals surface area contributed by atoms with Gasteiger partial charge in [0.25, 0.3) is 0 Å². The first-order valence-electron chi connectivity index (χ1n) is 13.0. The van der Waals surface area contributed by atoms with E-state index in [1.807, 2.05) is 6.07 Å². The molecule has 0 amide bonds. The maximum atomic E-state index is 13.1. The fourth-order valence-corrected chi connectivity index (χ4v) is 6.23. The monoisotopic (exact) mass is 473 g/mol. The number of esters is 1. The minimum absolute atomic E-state index is 0.0547. The summed E-state index contributed by atoms with van der Waals surface area (Å²) in [6.45, 7) is 4.14. The Balaban J connectivity index is 1.47. The number of hydrogen-bond donors (Lipinski definition) is 1. The predicted octanol–water partition coefficient (Wildman–Crippen LogP) is 5.03. The van der Waals surface area contributed by atoms with Crippen LogP contribution < -0.4 is 0 Å². The number of benzene rings is 1. The fraction of sp³-hybridized carbons (Fsp3) is 0.467. The molecule has 1 fully saturated rings. The summed E-state index contributed by atoms with van der Waals surface area (Å²) in [6.07, 6.45) is 11.8. The Morgan fingerprint density at radius 1 is 1.23 bits per heavy atom. The molecule has 1 N–H and O–H groups in total. The van der Waals surface area contributed by atoms with Crippen molar-refractivity contribution in [2.45, 2.75) is 70.9 Å². The van der Waals surface area contributed by atoms with Gasteiger partial charge in [-0.3, -0.25) is 9.59 Å².